The van der Waals surface area contributed by atoms with Gasteiger partial charge in [-0.05, 0) is 85.6 Å². The van der Waals surface area contributed by atoms with E-state index in [4.69, 9.17) is 0 Å². The van der Waals surface area contributed by atoms with E-state index in [1.807, 2.05) is 74.5 Å². The number of nitrogens with one attached hydrogen (secondary N) is 3. The summed E-state index contributed by atoms with van der Waals surface area (Å²) in [6, 6.07) is 29.2. The van der Waals surface area contributed by atoms with E-state index in [1.165, 1.54) is 11.8 Å². The Morgan fingerprint density at radius 1 is 0.825 bits per heavy atom. The second-order valence-corrected chi connectivity index (χ2v) is 11.0. The van der Waals surface area contributed by atoms with Gasteiger partial charge in [-0.2, -0.15) is 0 Å². The monoisotopic (exact) mass is 613 g/mol. The molecule has 0 unspecified atom stereocenters. The van der Waals surface area contributed by atoms with E-state index >= 15 is 0 Å². The summed E-state index contributed by atoms with van der Waals surface area (Å²) in [4.78, 5) is 39.4. The number of aryl methyl sites for hydroxylation is 2. The van der Waals surface area contributed by atoms with Crippen molar-refractivity contribution in [3.63, 3.8) is 0 Å². The van der Waals surface area contributed by atoms with E-state index in [-0.39, 0.29) is 23.3 Å². The quantitative estimate of drug-likeness (QED) is 0.137. The maximum absolute atomic E-state index is 13.2. The van der Waals surface area contributed by atoms with Crippen molar-refractivity contribution < 1.29 is 14.4 Å². The van der Waals surface area contributed by atoms with Gasteiger partial charge < -0.3 is 16.0 Å². The van der Waals surface area contributed by atoms with E-state index in [2.05, 4.69) is 31.9 Å². The van der Waals surface area contributed by atoms with Gasteiger partial charge in [0, 0.05) is 26.3 Å². The van der Waals surface area contributed by atoms with Crippen molar-refractivity contribution in [3.8, 4) is 0 Å². The zero-order chi connectivity index (χ0) is 28.5. The first-order chi connectivity index (χ1) is 19.3. The van der Waals surface area contributed by atoms with E-state index in [0.717, 1.165) is 31.7 Å². The summed E-state index contributed by atoms with van der Waals surface area (Å²) in [5.41, 5.74) is 4.83. The summed E-state index contributed by atoms with van der Waals surface area (Å²) in [6.07, 6.45) is 1.62. The van der Waals surface area contributed by atoms with Gasteiger partial charge in [0.1, 0.15) is 5.70 Å². The molecule has 0 saturated carbocycles. The lowest BCUT2D eigenvalue weighted by molar-refractivity contribution is -0.114. The Labute approximate surface area is 246 Å². The average molecular weight is 615 g/mol. The molecule has 0 aliphatic rings. The van der Waals surface area contributed by atoms with Gasteiger partial charge in [0.2, 0.25) is 5.91 Å². The van der Waals surface area contributed by atoms with Crippen LogP contribution in [0.3, 0.4) is 0 Å². The molecule has 0 bridgehead atoms. The number of amides is 3. The minimum atomic E-state index is -0.461. The second-order valence-electron chi connectivity index (χ2n) is 9.07. The third kappa shape index (κ3) is 8.43. The Morgan fingerprint density at radius 2 is 1.57 bits per heavy atom. The molecule has 0 saturated heterocycles. The van der Waals surface area contributed by atoms with Crippen LogP contribution < -0.4 is 16.0 Å². The normalized spacial score (nSPS) is 11.0. The van der Waals surface area contributed by atoms with Crippen molar-refractivity contribution in [1.82, 2.24) is 5.32 Å². The molecule has 6 nitrogen and oxygen atoms in total. The molecule has 0 aromatic heterocycles. The average Bonchev–Trinajstić information content (AvgIpc) is 2.94. The number of carbonyl (C=O) groups excluding carboxylic acids is 3. The molecule has 0 atom stereocenters. The van der Waals surface area contributed by atoms with Gasteiger partial charge in [-0.1, -0.05) is 64.0 Å². The van der Waals surface area contributed by atoms with Crippen molar-refractivity contribution in [2.75, 3.05) is 16.4 Å². The summed E-state index contributed by atoms with van der Waals surface area (Å²) in [7, 11) is 0. The number of anilines is 2. The molecule has 202 valence electrons. The molecule has 0 spiro atoms. The summed E-state index contributed by atoms with van der Waals surface area (Å²) in [5.74, 6) is -0.685. The predicted molar refractivity (Wildman–Crippen MR) is 166 cm³/mol. The lowest BCUT2D eigenvalue weighted by atomic mass is 10.1. The summed E-state index contributed by atoms with van der Waals surface area (Å²) in [6.45, 7) is 3.98. The first-order valence-corrected chi connectivity index (χ1v) is 14.3. The smallest absolute Gasteiger partial charge is 0.272 e. The van der Waals surface area contributed by atoms with Gasteiger partial charge >= 0.3 is 0 Å². The Hall–Kier alpha value is -4.14. The molecule has 3 N–H and O–H groups in total. The number of thioether (sulfide) groups is 1. The van der Waals surface area contributed by atoms with Gasteiger partial charge in [-0.25, -0.2) is 0 Å². The van der Waals surface area contributed by atoms with Crippen LogP contribution in [-0.4, -0.2) is 23.5 Å². The van der Waals surface area contributed by atoms with Gasteiger partial charge in [0.15, 0.2) is 0 Å². The molecular weight excluding hydrogens is 586 g/mol. The Kier molecular flexibility index (Phi) is 9.94. The van der Waals surface area contributed by atoms with Gasteiger partial charge in [0.25, 0.3) is 11.8 Å². The van der Waals surface area contributed by atoms with Crippen LogP contribution in [0.25, 0.3) is 6.08 Å². The maximum atomic E-state index is 13.2. The zero-order valence-electron chi connectivity index (χ0n) is 22.0. The molecule has 4 rings (SSSR count). The topological polar surface area (TPSA) is 87.3 Å². The highest BCUT2D eigenvalue weighted by Gasteiger charge is 2.15. The van der Waals surface area contributed by atoms with Crippen LogP contribution >= 0.6 is 27.7 Å². The summed E-state index contributed by atoms with van der Waals surface area (Å²) < 4.78 is 0.853. The number of benzene rings is 4. The Balaban J connectivity index is 1.40. The highest BCUT2D eigenvalue weighted by Crippen LogP contribution is 2.22. The lowest BCUT2D eigenvalue weighted by Crippen LogP contribution is -2.30. The summed E-state index contributed by atoms with van der Waals surface area (Å²) in [5, 5.41) is 8.53. The van der Waals surface area contributed by atoms with Gasteiger partial charge in [0.05, 0.1) is 5.75 Å². The highest BCUT2D eigenvalue weighted by molar-refractivity contribution is 9.10. The van der Waals surface area contributed by atoms with Crippen LogP contribution in [0, 0.1) is 13.8 Å². The molecule has 0 fully saturated rings. The van der Waals surface area contributed by atoms with Crippen molar-refractivity contribution in [3.05, 3.63) is 129 Å². The molecule has 0 heterocycles. The first-order valence-electron chi connectivity index (χ1n) is 12.5. The molecular formula is C32H28BrN3O3S. The standard InChI is InChI=1S/C32H28BrN3O3S/c1-21-11-16-28(22(2)17-21)35-30(37)20-40-27-14-12-26(13-15-27)34-32(39)29(19-23-7-6-10-25(33)18-23)36-31(38)24-8-4-3-5-9-24/h3-19H,20H2,1-2H3,(H,34,39)(H,35,37)(H,36,38)/b29-19-. The molecule has 4 aromatic rings. The molecule has 0 radical (unpaired) electrons. The molecule has 0 aliphatic carbocycles. The SMILES string of the molecule is Cc1ccc(NC(=O)CSc2ccc(NC(=O)/C(=C/c3cccc(Br)c3)NC(=O)c3ccccc3)cc2)c(C)c1. The van der Waals surface area contributed by atoms with Crippen molar-refractivity contribution >= 4 is 62.9 Å². The maximum Gasteiger partial charge on any atom is 0.272 e. The lowest BCUT2D eigenvalue weighted by Gasteiger charge is -2.12. The highest BCUT2D eigenvalue weighted by atomic mass is 79.9. The largest absolute Gasteiger partial charge is 0.325 e. The molecule has 0 aliphatic heterocycles. The fourth-order valence-corrected chi connectivity index (χ4v) is 4.94. The van der Waals surface area contributed by atoms with Crippen LogP contribution in [-0.2, 0) is 9.59 Å². The van der Waals surface area contributed by atoms with Crippen LogP contribution in [0.4, 0.5) is 11.4 Å². The van der Waals surface area contributed by atoms with Gasteiger partial charge in [-0.3, -0.25) is 14.4 Å². The van der Waals surface area contributed by atoms with E-state index in [9.17, 15) is 14.4 Å². The van der Waals surface area contributed by atoms with Crippen LogP contribution in [0.2, 0.25) is 0 Å². The minimum Gasteiger partial charge on any atom is -0.325 e. The van der Waals surface area contributed by atoms with Crippen LogP contribution in [0.1, 0.15) is 27.0 Å². The fourth-order valence-electron chi connectivity index (χ4n) is 3.83. The molecule has 8 heteroatoms. The minimum absolute atomic E-state index is 0.0918. The third-order valence-electron chi connectivity index (χ3n) is 5.83. The number of hydrogen-bond acceptors (Lipinski definition) is 4. The predicted octanol–water partition coefficient (Wildman–Crippen LogP) is 7.21. The van der Waals surface area contributed by atoms with E-state index < -0.39 is 5.91 Å². The second kappa shape index (κ2) is 13.8. The van der Waals surface area contributed by atoms with E-state index in [1.54, 1.807) is 42.5 Å². The third-order valence-corrected chi connectivity index (χ3v) is 7.33. The number of halogens is 1. The Bertz CT molecular complexity index is 1550. The Morgan fingerprint density at radius 3 is 2.27 bits per heavy atom. The fraction of sp³-hybridized carbons (Fsp3) is 0.0938. The van der Waals surface area contributed by atoms with Crippen LogP contribution in [0.15, 0.2) is 112 Å². The van der Waals surface area contributed by atoms with Crippen molar-refractivity contribution in [2.45, 2.75) is 18.7 Å². The number of hydrogen-bond donors (Lipinski definition) is 3. The number of rotatable bonds is 9. The molecule has 40 heavy (non-hydrogen) atoms. The van der Waals surface area contributed by atoms with Crippen molar-refractivity contribution in [1.29, 1.82) is 0 Å². The van der Waals surface area contributed by atoms with E-state index in [0.29, 0.717) is 11.3 Å². The first kappa shape index (κ1) is 28.9. The van der Waals surface area contributed by atoms with Crippen LogP contribution in [0.5, 0.6) is 0 Å². The zero-order valence-corrected chi connectivity index (χ0v) is 24.4. The number of carbonyl (C=O) groups is 3. The molecule has 3 amide bonds. The van der Waals surface area contributed by atoms with Gasteiger partial charge in [-0.15, -0.1) is 11.8 Å². The summed E-state index contributed by atoms with van der Waals surface area (Å²) >= 11 is 4.84. The molecule has 4 aromatic carbocycles. The van der Waals surface area contributed by atoms with Crippen molar-refractivity contribution in [2.24, 2.45) is 0 Å².